The molecule has 2 rings (SSSR count). The average molecular weight is 455 g/mol. The summed E-state index contributed by atoms with van der Waals surface area (Å²) in [5.74, 6) is 1.90. The molecule has 0 aliphatic rings. The lowest BCUT2D eigenvalue weighted by Crippen LogP contribution is -1.99. The highest BCUT2D eigenvalue weighted by atomic mass is 16.5. The van der Waals surface area contributed by atoms with Gasteiger partial charge in [-0.25, -0.2) is 0 Å². The van der Waals surface area contributed by atoms with Crippen molar-refractivity contribution in [3.63, 3.8) is 0 Å². The number of unbranched alkanes of at least 4 members (excludes halogenated alkanes) is 10. The Morgan fingerprint density at radius 2 is 0.818 bits per heavy atom. The Balaban J connectivity index is 1.54. The van der Waals surface area contributed by atoms with Gasteiger partial charge in [0, 0.05) is 0 Å². The van der Waals surface area contributed by atoms with Crippen LogP contribution < -0.4 is 9.47 Å². The maximum atomic E-state index is 5.89. The van der Waals surface area contributed by atoms with Crippen LogP contribution in [-0.4, -0.2) is 13.2 Å². The lowest BCUT2D eigenvalue weighted by molar-refractivity contribution is 0.107. The minimum Gasteiger partial charge on any atom is -0.494 e. The molecule has 184 valence electrons. The zero-order valence-electron chi connectivity index (χ0n) is 21.2. The second-order valence-electron chi connectivity index (χ2n) is 9.01. The highest BCUT2D eigenvalue weighted by Crippen LogP contribution is 2.17. The summed E-state index contributed by atoms with van der Waals surface area (Å²) >= 11 is 0. The molecule has 0 atom stereocenters. The molecule has 0 fully saturated rings. The van der Waals surface area contributed by atoms with Crippen molar-refractivity contribution in [1.82, 2.24) is 0 Å². The average Bonchev–Trinajstić information content (AvgIpc) is 2.85. The van der Waals surface area contributed by atoms with Crippen molar-refractivity contribution in [2.75, 3.05) is 13.2 Å². The van der Waals surface area contributed by atoms with E-state index < -0.39 is 0 Å². The molecular weight excluding hydrogens is 408 g/mol. The standard InChI is InChI=1S/C30H46O3/c1-3-5-7-9-11-13-23-32-29-19-15-27(16-20-29)25-31-26-28-17-21-30(22-18-28)33-24-14-12-10-8-6-4-2/h15-22H,3-14,23-26H2,1-2H3. The monoisotopic (exact) mass is 454 g/mol. The summed E-state index contributed by atoms with van der Waals surface area (Å²) < 4.78 is 17.6. The van der Waals surface area contributed by atoms with Gasteiger partial charge in [-0.1, -0.05) is 102 Å². The molecule has 0 aliphatic heterocycles. The maximum Gasteiger partial charge on any atom is 0.119 e. The minimum atomic E-state index is 0.605. The van der Waals surface area contributed by atoms with E-state index >= 15 is 0 Å². The summed E-state index contributed by atoms with van der Waals surface area (Å²) in [6.45, 7) is 7.33. The molecule has 3 heteroatoms. The van der Waals surface area contributed by atoms with Crippen LogP contribution in [0.4, 0.5) is 0 Å². The van der Waals surface area contributed by atoms with E-state index in [1.807, 2.05) is 24.3 Å². The van der Waals surface area contributed by atoms with Crippen molar-refractivity contribution in [2.45, 2.75) is 104 Å². The maximum absolute atomic E-state index is 5.89. The molecule has 0 saturated carbocycles. The van der Waals surface area contributed by atoms with Crippen LogP contribution >= 0.6 is 0 Å². The topological polar surface area (TPSA) is 27.7 Å². The van der Waals surface area contributed by atoms with Crippen LogP contribution in [0.25, 0.3) is 0 Å². The first-order chi connectivity index (χ1) is 16.3. The van der Waals surface area contributed by atoms with E-state index in [2.05, 4.69) is 38.1 Å². The van der Waals surface area contributed by atoms with E-state index in [0.29, 0.717) is 13.2 Å². The first-order valence-electron chi connectivity index (χ1n) is 13.3. The van der Waals surface area contributed by atoms with Crippen molar-refractivity contribution in [3.05, 3.63) is 59.7 Å². The predicted octanol–water partition coefficient (Wildman–Crippen LogP) is 8.88. The van der Waals surface area contributed by atoms with Crippen LogP contribution in [0.5, 0.6) is 11.5 Å². The molecule has 2 aromatic carbocycles. The first kappa shape index (κ1) is 27.2. The molecule has 2 aromatic rings. The lowest BCUT2D eigenvalue weighted by Gasteiger charge is -2.09. The molecule has 3 nitrogen and oxygen atoms in total. The number of hydrogen-bond acceptors (Lipinski definition) is 3. The lowest BCUT2D eigenvalue weighted by atomic mass is 10.1. The molecule has 0 N–H and O–H groups in total. The molecule has 0 bridgehead atoms. The fraction of sp³-hybridized carbons (Fsp3) is 0.600. The Hall–Kier alpha value is -2.00. The summed E-state index contributed by atoms with van der Waals surface area (Å²) in [5.41, 5.74) is 2.33. The highest BCUT2D eigenvalue weighted by molar-refractivity contribution is 5.28. The van der Waals surface area contributed by atoms with E-state index in [1.54, 1.807) is 0 Å². The van der Waals surface area contributed by atoms with E-state index in [-0.39, 0.29) is 0 Å². The number of benzene rings is 2. The van der Waals surface area contributed by atoms with Crippen molar-refractivity contribution >= 4 is 0 Å². The zero-order chi connectivity index (χ0) is 23.4. The van der Waals surface area contributed by atoms with Crippen LogP contribution in [0, 0.1) is 0 Å². The Morgan fingerprint density at radius 3 is 1.21 bits per heavy atom. The first-order valence-corrected chi connectivity index (χ1v) is 13.3. The highest BCUT2D eigenvalue weighted by Gasteiger charge is 2.00. The number of ether oxygens (including phenoxy) is 3. The quantitative estimate of drug-likeness (QED) is 0.187. The number of rotatable bonds is 20. The van der Waals surface area contributed by atoms with Gasteiger partial charge < -0.3 is 14.2 Å². The Bertz CT molecular complexity index is 632. The van der Waals surface area contributed by atoms with E-state index in [0.717, 1.165) is 37.6 Å². The summed E-state index contributed by atoms with van der Waals surface area (Å²) in [5, 5.41) is 0. The largest absolute Gasteiger partial charge is 0.494 e. The molecule has 0 saturated heterocycles. The predicted molar refractivity (Wildman–Crippen MR) is 139 cm³/mol. The normalized spacial score (nSPS) is 11.0. The molecule has 0 unspecified atom stereocenters. The Kier molecular flexibility index (Phi) is 15.2. The minimum absolute atomic E-state index is 0.605. The third-order valence-corrected chi connectivity index (χ3v) is 5.92. The van der Waals surface area contributed by atoms with Gasteiger partial charge in [0.2, 0.25) is 0 Å². The fourth-order valence-corrected chi connectivity index (χ4v) is 3.80. The van der Waals surface area contributed by atoms with Gasteiger partial charge in [-0.15, -0.1) is 0 Å². The molecular formula is C30H46O3. The third kappa shape index (κ3) is 13.3. The van der Waals surface area contributed by atoms with Crippen LogP contribution in [-0.2, 0) is 18.0 Å². The SMILES string of the molecule is CCCCCCCCOc1ccc(COCc2ccc(OCCCCCCCC)cc2)cc1. The second kappa shape index (κ2) is 18.4. The summed E-state index contributed by atoms with van der Waals surface area (Å²) in [7, 11) is 0. The molecule has 33 heavy (non-hydrogen) atoms. The van der Waals surface area contributed by atoms with Gasteiger partial charge in [0.15, 0.2) is 0 Å². The van der Waals surface area contributed by atoms with Crippen molar-refractivity contribution in [2.24, 2.45) is 0 Å². The van der Waals surface area contributed by atoms with Crippen molar-refractivity contribution in [1.29, 1.82) is 0 Å². The van der Waals surface area contributed by atoms with Crippen LogP contribution in [0.15, 0.2) is 48.5 Å². The Morgan fingerprint density at radius 1 is 0.455 bits per heavy atom. The smallest absolute Gasteiger partial charge is 0.119 e. The third-order valence-electron chi connectivity index (χ3n) is 5.92. The second-order valence-corrected chi connectivity index (χ2v) is 9.01. The van der Waals surface area contributed by atoms with Gasteiger partial charge in [-0.3, -0.25) is 0 Å². The van der Waals surface area contributed by atoms with Crippen molar-refractivity contribution in [3.8, 4) is 11.5 Å². The molecule has 0 spiro atoms. The van der Waals surface area contributed by atoms with Gasteiger partial charge in [0.05, 0.1) is 26.4 Å². The summed E-state index contributed by atoms with van der Waals surface area (Å²) in [6.07, 6.45) is 15.4. The van der Waals surface area contributed by atoms with E-state index in [1.165, 1.54) is 75.3 Å². The van der Waals surface area contributed by atoms with Crippen LogP contribution in [0.2, 0.25) is 0 Å². The summed E-state index contributed by atoms with van der Waals surface area (Å²) in [6, 6.07) is 16.6. The molecule has 0 amide bonds. The van der Waals surface area contributed by atoms with E-state index in [4.69, 9.17) is 14.2 Å². The Labute approximate surface area is 202 Å². The van der Waals surface area contributed by atoms with Gasteiger partial charge >= 0.3 is 0 Å². The molecule has 0 radical (unpaired) electrons. The van der Waals surface area contributed by atoms with Crippen LogP contribution in [0.1, 0.15) is 102 Å². The van der Waals surface area contributed by atoms with Gasteiger partial charge in [0.25, 0.3) is 0 Å². The van der Waals surface area contributed by atoms with E-state index in [9.17, 15) is 0 Å². The summed E-state index contributed by atoms with van der Waals surface area (Å²) in [4.78, 5) is 0. The van der Waals surface area contributed by atoms with Crippen LogP contribution in [0.3, 0.4) is 0 Å². The van der Waals surface area contributed by atoms with Crippen molar-refractivity contribution < 1.29 is 14.2 Å². The van der Waals surface area contributed by atoms with Gasteiger partial charge in [-0.2, -0.15) is 0 Å². The zero-order valence-corrected chi connectivity index (χ0v) is 21.2. The molecule has 0 heterocycles. The van der Waals surface area contributed by atoms with Gasteiger partial charge in [0.1, 0.15) is 11.5 Å². The molecule has 0 aliphatic carbocycles. The fourth-order valence-electron chi connectivity index (χ4n) is 3.80. The molecule has 0 aromatic heterocycles. The number of hydrogen-bond donors (Lipinski definition) is 0. The van der Waals surface area contributed by atoms with Gasteiger partial charge in [-0.05, 0) is 48.2 Å².